The molecule has 1 aliphatic carbocycles. The Morgan fingerprint density at radius 3 is 2.57 bits per heavy atom. The highest BCUT2D eigenvalue weighted by Crippen LogP contribution is 2.44. The molecule has 14 heavy (non-hydrogen) atoms. The number of hydrogen-bond acceptors (Lipinski definition) is 1. The van der Waals surface area contributed by atoms with Gasteiger partial charge >= 0.3 is 0 Å². The van der Waals surface area contributed by atoms with Gasteiger partial charge in [-0.2, -0.15) is 0 Å². The van der Waals surface area contributed by atoms with Gasteiger partial charge in [0.1, 0.15) is 0 Å². The zero-order valence-corrected chi connectivity index (χ0v) is 10.0. The third kappa shape index (κ3) is 2.09. The van der Waals surface area contributed by atoms with E-state index in [1.54, 1.807) is 0 Å². The molecule has 2 heteroatoms. The average molecular weight is 217 g/mol. The van der Waals surface area contributed by atoms with E-state index in [-0.39, 0.29) is 5.60 Å². The topological polar surface area (TPSA) is 9.23 Å². The molecule has 0 aromatic carbocycles. The molecule has 2 fully saturated rings. The summed E-state index contributed by atoms with van der Waals surface area (Å²) in [6.07, 6.45) is 5.86. The van der Waals surface area contributed by atoms with Crippen LogP contribution in [0.15, 0.2) is 0 Å². The van der Waals surface area contributed by atoms with E-state index in [1.807, 2.05) is 0 Å². The molecule has 1 saturated carbocycles. The molecule has 0 radical (unpaired) electrons. The minimum absolute atomic E-state index is 0.149. The molecule has 1 saturated heterocycles. The van der Waals surface area contributed by atoms with Crippen molar-refractivity contribution in [2.75, 3.05) is 6.61 Å². The lowest BCUT2D eigenvalue weighted by Crippen LogP contribution is -2.45. The van der Waals surface area contributed by atoms with Gasteiger partial charge in [-0.3, -0.25) is 0 Å². The number of halogens is 1. The summed E-state index contributed by atoms with van der Waals surface area (Å²) in [6.45, 7) is 5.58. The monoisotopic (exact) mass is 216 g/mol. The van der Waals surface area contributed by atoms with Crippen molar-refractivity contribution in [3.8, 4) is 0 Å². The Morgan fingerprint density at radius 2 is 1.93 bits per heavy atom. The largest absolute Gasteiger partial charge is 0.375 e. The minimum atomic E-state index is 0.149. The summed E-state index contributed by atoms with van der Waals surface area (Å²) in [5.41, 5.74) is 0.149. The van der Waals surface area contributed by atoms with E-state index in [0.717, 1.165) is 31.3 Å². The molecule has 2 aliphatic rings. The molecule has 1 aliphatic heterocycles. The van der Waals surface area contributed by atoms with Gasteiger partial charge in [0.05, 0.1) is 5.60 Å². The summed E-state index contributed by atoms with van der Waals surface area (Å²) in [7, 11) is 0. The summed E-state index contributed by atoms with van der Waals surface area (Å²) in [6, 6.07) is 0. The summed E-state index contributed by atoms with van der Waals surface area (Å²) >= 11 is 6.24. The van der Waals surface area contributed by atoms with Gasteiger partial charge in [-0.1, -0.05) is 13.8 Å². The van der Waals surface area contributed by atoms with Crippen molar-refractivity contribution in [2.24, 2.45) is 11.8 Å². The highest BCUT2D eigenvalue weighted by Gasteiger charge is 2.41. The van der Waals surface area contributed by atoms with Crippen molar-refractivity contribution in [3.05, 3.63) is 0 Å². The average Bonchev–Trinajstić information content (AvgIpc) is 2.12. The smallest absolute Gasteiger partial charge is 0.0699 e. The van der Waals surface area contributed by atoms with Crippen molar-refractivity contribution < 1.29 is 4.74 Å². The second-order valence-electron chi connectivity index (χ2n) is 5.32. The lowest BCUT2D eigenvalue weighted by Gasteiger charge is -2.46. The van der Waals surface area contributed by atoms with Gasteiger partial charge in [-0.15, -0.1) is 11.6 Å². The van der Waals surface area contributed by atoms with E-state index in [0.29, 0.717) is 5.38 Å². The standard InChI is InChI=1S/C12H21ClO/c1-9-3-5-12(7-10(9)2)8-11(13)4-6-14-12/h9-11H,3-8H2,1-2H3. The Balaban J connectivity index is 2.01. The van der Waals surface area contributed by atoms with Gasteiger partial charge in [0.25, 0.3) is 0 Å². The molecule has 0 aromatic heterocycles. The third-order valence-corrected chi connectivity index (χ3v) is 4.53. The predicted octanol–water partition coefficient (Wildman–Crippen LogP) is 3.60. The molecule has 4 unspecified atom stereocenters. The van der Waals surface area contributed by atoms with Crippen molar-refractivity contribution in [1.82, 2.24) is 0 Å². The second kappa shape index (κ2) is 4.02. The van der Waals surface area contributed by atoms with Gasteiger partial charge in [0, 0.05) is 12.0 Å². The molecule has 1 nitrogen and oxygen atoms in total. The molecule has 0 bridgehead atoms. The van der Waals surface area contributed by atoms with Crippen LogP contribution >= 0.6 is 11.6 Å². The Morgan fingerprint density at radius 1 is 1.14 bits per heavy atom. The molecule has 82 valence electrons. The quantitative estimate of drug-likeness (QED) is 0.563. The Kier molecular flexibility index (Phi) is 3.09. The Bertz CT molecular complexity index is 206. The summed E-state index contributed by atoms with van der Waals surface area (Å²) in [4.78, 5) is 0. The summed E-state index contributed by atoms with van der Waals surface area (Å²) in [5, 5.41) is 0.351. The highest BCUT2D eigenvalue weighted by atomic mass is 35.5. The van der Waals surface area contributed by atoms with E-state index >= 15 is 0 Å². The molecule has 4 atom stereocenters. The number of ether oxygens (including phenoxy) is 1. The van der Waals surface area contributed by atoms with Crippen LogP contribution in [-0.2, 0) is 4.74 Å². The first kappa shape index (κ1) is 10.8. The van der Waals surface area contributed by atoms with Gasteiger partial charge in [-0.05, 0) is 43.9 Å². The first-order valence-corrected chi connectivity index (χ1v) is 6.33. The molecular formula is C12H21ClO. The van der Waals surface area contributed by atoms with Gasteiger partial charge in [0.15, 0.2) is 0 Å². The first-order chi connectivity index (χ1) is 6.61. The number of alkyl halides is 1. The molecule has 0 N–H and O–H groups in total. The molecule has 0 aromatic rings. The van der Waals surface area contributed by atoms with Crippen LogP contribution in [0.1, 0.15) is 46.0 Å². The minimum Gasteiger partial charge on any atom is -0.375 e. The molecular weight excluding hydrogens is 196 g/mol. The fraction of sp³-hybridized carbons (Fsp3) is 1.00. The van der Waals surface area contributed by atoms with Gasteiger partial charge in [0.2, 0.25) is 0 Å². The SMILES string of the molecule is CC1CCC2(CC(Cl)CCO2)CC1C. The Hall–Kier alpha value is 0.250. The molecule has 2 rings (SSSR count). The van der Waals surface area contributed by atoms with Crippen LogP contribution in [-0.4, -0.2) is 17.6 Å². The van der Waals surface area contributed by atoms with E-state index in [2.05, 4.69) is 13.8 Å². The zero-order chi connectivity index (χ0) is 10.2. The number of rotatable bonds is 0. The second-order valence-corrected chi connectivity index (χ2v) is 5.94. The van der Waals surface area contributed by atoms with Gasteiger partial charge in [-0.25, -0.2) is 0 Å². The summed E-state index contributed by atoms with van der Waals surface area (Å²) in [5.74, 6) is 1.66. The summed E-state index contributed by atoms with van der Waals surface area (Å²) < 4.78 is 6.01. The molecule has 1 heterocycles. The van der Waals surface area contributed by atoms with Crippen molar-refractivity contribution in [3.63, 3.8) is 0 Å². The first-order valence-electron chi connectivity index (χ1n) is 5.89. The zero-order valence-electron chi connectivity index (χ0n) is 9.26. The Labute approximate surface area is 92.2 Å². The van der Waals surface area contributed by atoms with E-state index in [4.69, 9.17) is 16.3 Å². The van der Waals surface area contributed by atoms with E-state index in [9.17, 15) is 0 Å². The fourth-order valence-corrected chi connectivity index (χ4v) is 3.32. The number of hydrogen-bond donors (Lipinski definition) is 0. The van der Waals surface area contributed by atoms with Crippen LogP contribution in [0, 0.1) is 11.8 Å². The normalized spacial score (nSPS) is 49.5. The van der Waals surface area contributed by atoms with Crippen LogP contribution in [0.5, 0.6) is 0 Å². The third-order valence-electron chi connectivity index (χ3n) is 4.15. The van der Waals surface area contributed by atoms with Crippen LogP contribution in [0.2, 0.25) is 0 Å². The lowest BCUT2D eigenvalue weighted by molar-refractivity contribution is -0.116. The molecule has 1 spiro atoms. The maximum absolute atomic E-state index is 6.24. The van der Waals surface area contributed by atoms with Crippen molar-refractivity contribution in [2.45, 2.75) is 56.9 Å². The van der Waals surface area contributed by atoms with Gasteiger partial charge < -0.3 is 4.74 Å². The molecule has 0 amide bonds. The highest BCUT2D eigenvalue weighted by molar-refractivity contribution is 6.20. The van der Waals surface area contributed by atoms with Crippen molar-refractivity contribution in [1.29, 1.82) is 0 Å². The maximum Gasteiger partial charge on any atom is 0.0699 e. The fourth-order valence-electron chi connectivity index (χ4n) is 2.95. The van der Waals surface area contributed by atoms with Crippen LogP contribution in [0.3, 0.4) is 0 Å². The van der Waals surface area contributed by atoms with Crippen LogP contribution in [0.4, 0.5) is 0 Å². The van der Waals surface area contributed by atoms with Crippen molar-refractivity contribution >= 4 is 11.6 Å². The van der Waals surface area contributed by atoms with E-state index in [1.165, 1.54) is 19.3 Å². The van der Waals surface area contributed by atoms with E-state index < -0.39 is 0 Å². The maximum atomic E-state index is 6.24. The van der Waals surface area contributed by atoms with Crippen LogP contribution < -0.4 is 0 Å². The van der Waals surface area contributed by atoms with Crippen LogP contribution in [0.25, 0.3) is 0 Å². The predicted molar refractivity (Wildman–Crippen MR) is 59.7 cm³/mol. The lowest BCUT2D eigenvalue weighted by atomic mass is 9.70.